The Labute approximate surface area is 169 Å². The Bertz CT molecular complexity index is 995. The number of thioether (sulfide) groups is 1. The van der Waals surface area contributed by atoms with Crippen molar-refractivity contribution in [2.75, 3.05) is 18.2 Å². The van der Waals surface area contributed by atoms with E-state index in [0.29, 0.717) is 11.4 Å². The Balaban J connectivity index is 1.51. The molecule has 0 saturated heterocycles. The van der Waals surface area contributed by atoms with Crippen molar-refractivity contribution in [1.29, 1.82) is 0 Å². The number of amides is 1. The van der Waals surface area contributed by atoms with Gasteiger partial charge in [-0.2, -0.15) is 0 Å². The Morgan fingerprint density at radius 1 is 1.24 bits per heavy atom. The number of carbonyl (C=O) groups excluding carboxylic acids is 1. The minimum Gasteiger partial charge on any atom is -0.494 e. The van der Waals surface area contributed by atoms with Gasteiger partial charge in [-0.25, -0.2) is 0 Å². The second kappa shape index (κ2) is 9.55. The summed E-state index contributed by atoms with van der Waals surface area (Å²) in [6.45, 7) is 0.115. The lowest BCUT2D eigenvalue weighted by atomic mass is 10.2. The third kappa shape index (κ3) is 5.69. The van der Waals surface area contributed by atoms with Gasteiger partial charge in [-0.15, -0.1) is 10.2 Å². The van der Waals surface area contributed by atoms with E-state index in [1.165, 1.54) is 25.3 Å². The molecule has 0 aliphatic heterocycles. The van der Waals surface area contributed by atoms with Crippen molar-refractivity contribution in [2.24, 2.45) is 0 Å². The normalized spacial score (nSPS) is 10.4. The molecular weight excluding hydrogens is 400 g/mol. The quantitative estimate of drug-likeness (QED) is 0.317. The third-order valence-corrected chi connectivity index (χ3v) is 4.37. The number of rotatable bonds is 9. The van der Waals surface area contributed by atoms with E-state index < -0.39 is 4.92 Å². The van der Waals surface area contributed by atoms with Crippen LogP contribution in [0.3, 0.4) is 0 Å². The topological polar surface area (TPSA) is 130 Å². The molecular formula is C18H16N4O6S. The van der Waals surface area contributed by atoms with Crippen LogP contribution in [0.4, 0.5) is 11.4 Å². The molecule has 0 fully saturated rings. The van der Waals surface area contributed by atoms with E-state index in [1.807, 2.05) is 30.3 Å². The van der Waals surface area contributed by atoms with E-state index in [0.717, 1.165) is 11.8 Å². The first-order valence-corrected chi connectivity index (χ1v) is 9.29. The first-order valence-electron chi connectivity index (χ1n) is 8.30. The number of nitrogens with one attached hydrogen (secondary N) is 1. The molecule has 10 nitrogen and oxygen atoms in total. The van der Waals surface area contributed by atoms with Gasteiger partial charge in [0, 0.05) is 6.07 Å². The predicted octanol–water partition coefficient (Wildman–Crippen LogP) is 3.30. The van der Waals surface area contributed by atoms with E-state index in [9.17, 15) is 14.9 Å². The van der Waals surface area contributed by atoms with Crippen LogP contribution >= 0.6 is 11.8 Å². The zero-order valence-electron chi connectivity index (χ0n) is 15.2. The molecule has 29 heavy (non-hydrogen) atoms. The van der Waals surface area contributed by atoms with Crippen LogP contribution in [0.5, 0.6) is 11.5 Å². The minimum atomic E-state index is -0.543. The number of carbonyl (C=O) groups is 1. The fourth-order valence-corrected chi connectivity index (χ4v) is 2.81. The van der Waals surface area contributed by atoms with E-state index in [1.54, 1.807) is 0 Å². The molecule has 3 rings (SSSR count). The average molecular weight is 416 g/mol. The van der Waals surface area contributed by atoms with Gasteiger partial charge >= 0.3 is 0 Å². The molecule has 1 amide bonds. The number of benzene rings is 2. The summed E-state index contributed by atoms with van der Waals surface area (Å²) in [6, 6.07) is 13.1. The second-order valence-electron chi connectivity index (χ2n) is 5.54. The molecule has 1 heterocycles. The van der Waals surface area contributed by atoms with E-state index in [2.05, 4.69) is 15.5 Å². The molecule has 3 aromatic rings. The number of hydrogen-bond acceptors (Lipinski definition) is 9. The molecule has 1 aromatic heterocycles. The minimum absolute atomic E-state index is 0.00131. The van der Waals surface area contributed by atoms with Crippen LogP contribution in [-0.2, 0) is 11.4 Å². The Kier molecular flexibility index (Phi) is 6.63. The summed E-state index contributed by atoms with van der Waals surface area (Å²) in [4.78, 5) is 22.4. The van der Waals surface area contributed by atoms with Crippen LogP contribution in [0.25, 0.3) is 0 Å². The lowest BCUT2D eigenvalue weighted by Crippen LogP contribution is -2.14. The number of hydrogen-bond donors (Lipinski definition) is 1. The highest BCUT2D eigenvalue weighted by atomic mass is 32.2. The zero-order chi connectivity index (χ0) is 20.6. The standard InChI is InChI=1S/C18H16N4O6S/c1-26-15-9-12(22(24)25)7-8-14(15)19-16(23)11-29-18-21-20-17(28-18)10-27-13-5-3-2-4-6-13/h2-9H,10-11H2,1H3,(H,19,23). The Morgan fingerprint density at radius 2 is 2.03 bits per heavy atom. The highest BCUT2D eigenvalue weighted by Gasteiger charge is 2.15. The van der Waals surface area contributed by atoms with Crippen molar-refractivity contribution in [1.82, 2.24) is 10.2 Å². The van der Waals surface area contributed by atoms with Crippen molar-refractivity contribution in [3.05, 3.63) is 64.5 Å². The maximum absolute atomic E-state index is 12.2. The van der Waals surface area contributed by atoms with Gasteiger partial charge in [0.25, 0.3) is 16.8 Å². The predicted molar refractivity (Wildman–Crippen MR) is 104 cm³/mol. The summed E-state index contributed by atoms with van der Waals surface area (Å²) >= 11 is 1.05. The average Bonchev–Trinajstić information content (AvgIpc) is 3.19. The van der Waals surface area contributed by atoms with Gasteiger partial charge in [0.1, 0.15) is 11.5 Å². The highest BCUT2D eigenvalue weighted by molar-refractivity contribution is 7.99. The lowest BCUT2D eigenvalue weighted by molar-refractivity contribution is -0.384. The number of para-hydroxylation sites is 1. The maximum Gasteiger partial charge on any atom is 0.277 e. The first kappa shape index (κ1) is 20.1. The van der Waals surface area contributed by atoms with Gasteiger partial charge in [0.05, 0.1) is 29.5 Å². The van der Waals surface area contributed by atoms with Gasteiger partial charge in [-0.1, -0.05) is 30.0 Å². The number of ether oxygens (including phenoxy) is 2. The van der Waals surface area contributed by atoms with Gasteiger partial charge < -0.3 is 19.2 Å². The molecule has 0 aliphatic rings. The molecule has 150 valence electrons. The number of non-ortho nitro benzene ring substituents is 1. The van der Waals surface area contributed by atoms with Crippen molar-refractivity contribution in [3.8, 4) is 11.5 Å². The van der Waals surface area contributed by atoms with E-state index >= 15 is 0 Å². The number of nitrogens with zero attached hydrogens (tertiary/aromatic N) is 3. The summed E-state index contributed by atoms with van der Waals surface area (Å²) in [5.41, 5.74) is 0.191. The summed E-state index contributed by atoms with van der Waals surface area (Å²) in [7, 11) is 1.36. The molecule has 0 bridgehead atoms. The van der Waals surface area contributed by atoms with Crippen molar-refractivity contribution in [2.45, 2.75) is 11.8 Å². The van der Waals surface area contributed by atoms with Crippen molar-refractivity contribution in [3.63, 3.8) is 0 Å². The fraction of sp³-hybridized carbons (Fsp3) is 0.167. The van der Waals surface area contributed by atoms with Gasteiger partial charge in [0.15, 0.2) is 6.61 Å². The van der Waals surface area contributed by atoms with Gasteiger partial charge in [0.2, 0.25) is 5.91 Å². The SMILES string of the molecule is COc1cc([N+](=O)[O-])ccc1NC(=O)CSc1nnc(COc2ccccc2)o1. The number of aromatic nitrogens is 2. The largest absolute Gasteiger partial charge is 0.494 e. The summed E-state index contributed by atoms with van der Waals surface area (Å²) in [5, 5.41) is 21.4. The summed E-state index contributed by atoms with van der Waals surface area (Å²) in [6.07, 6.45) is 0. The molecule has 0 aliphatic carbocycles. The molecule has 1 N–H and O–H groups in total. The van der Waals surface area contributed by atoms with Gasteiger partial charge in [-0.3, -0.25) is 14.9 Å². The molecule has 0 radical (unpaired) electrons. The van der Waals surface area contributed by atoms with E-state index in [-0.39, 0.29) is 40.8 Å². The second-order valence-corrected chi connectivity index (χ2v) is 6.47. The number of nitro groups is 1. The van der Waals surface area contributed by atoms with E-state index in [4.69, 9.17) is 13.9 Å². The molecule has 0 spiro atoms. The molecule has 11 heteroatoms. The number of anilines is 1. The first-order chi connectivity index (χ1) is 14.0. The lowest BCUT2D eigenvalue weighted by Gasteiger charge is -2.09. The Hall–Kier alpha value is -3.60. The maximum atomic E-state index is 12.2. The van der Waals surface area contributed by atoms with Crippen LogP contribution in [0.15, 0.2) is 58.2 Å². The number of nitro benzene ring substituents is 1. The molecule has 2 aromatic carbocycles. The van der Waals surface area contributed by atoms with Crippen LogP contribution < -0.4 is 14.8 Å². The highest BCUT2D eigenvalue weighted by Crippen LogP contribution is 2.29. The van der Waals surface area contributed by atoms with Gasteiger partial charge in [-0.05, 0) is 18.2 Å². The molecule has 0 atom stereocenters. The van der Waals surface area contributed by atoms with Crippen molar-refractivity contribution >= 4 is 29.0 Å². The van der Waals surface area contributed by atoms with Crippen LogP contribution in [0.1, 0.15) is 5.89 Å². The summed E-state index contributed by atoms with van der Waals surface area (Å²) < 4.78 is 16.0. The number of methoxy groups -OCH3 is 1. The summed E-state index contributed by atoms with van der Waals surface area (Å²) in [5.74, 6) is 0.796. The van der Waals surface area contributed by atoms with Crippen LogP contribution in [0.2, 0.25) is 0 Å². The molecule has 0 saturated carbocycles. The van der Waals surface area contributed by atoms with Crippen molar-refractivity contribution < 1.29 is 23.6 Å². The third-order valence-electron chi connectivity index (χ3n) is 3.55. The fourth-order valence-electron chi connectivity index (χ4n) is 2.23. The van der Waals surface area contributed by atoms with Crippen LogP contribution in [-0.4, -0.2) is 33.9 Å². The smallest absolute Gasteiger partial charge is 0.277 e. The van der Waals surface area contributed by atoms with Crippen LogP contribution in [0, 0.1) is 10.1 Å². The Morgan fingerprint density at radius 3 is 2.76 bits per heavy atom. The zero-order valence-corrected chi connectivity index (χ0v) is 16.0. The monoisotopic (exact) mass is 416 g/mol. The molecule has 0 unspecified atom stereocenters.